The van der Waals surface area contributed by atoms with Gasteiger partial charge in [-0.05, 0) is 31.2 Å². The quantitative estimate of drug-likeness (QED) is 0.516. The van der Waals surface area contributed by atoms with E-state index in [1.54, 1.807) is 32.2 Å². The number of amides is 1. The zero-order valence-corrected chi connectivity index (χ0v) is 19.7. The Balaban J connectivity index is 1.63. The number of benzene rings is 2. The second kappa shape index (κ2) is 10.5. The Morgan fingerprint density at radius 2 is 1.74 bits per heavy atom. The van der Waals surface area contributed by atoms with Gasteiger partial charge >= 0.3 is 5.97 Å². The molecule has 0 aromatic heterocycles. The highest BCUT2D eigenvalue weighted by atomic mass is 16.5. The lowest BCUT2D eigenvalue weighted by molar-refractivity contribution is -0.153. The van der Waals surface area contributed by atoms with Crippen LogP contribution in [0.1, 0.15) is 18.5 Å². The zero-order valence-electron chi connectivity index (χ0n) is 19.7. The van der Waals surface area contributed by atoms with Crippen molar-refractivity contribution in [1.82, 2.24) is 10.2 Å². The van der Waals surface area contributed by atoms with Crippen molar-refractivity contribution in [1.29, 1.82) is 0 Å². The van der Waals surface area contributed by atoms with Crippen LogP contribution in [0.4, 0.5) is 5.69 Å². The molecular weight excluding hydrogens is 436 g/mol. The van der Waals surface area contributed by atoms with E-state index in [2.05, 4.69) is 22.3 Å². The van der Waals surface area contributed by atoms with Crippen LogP contribution in [0, 0.1) is 5.92 Å². The highest BCUT2D eigenvalue weighted by Gasteiger charge is 2.43. The summed E-state index contributed by atoms with van der Waals surface area (Å²) < 4.78 is 16.1. The molecule has 0 unspecified atom stereocenters. The lowest BCUT2D eigenvalue weighted by atomic mass is 9.90. The van der Waals surface area contributed by atoms with Gasteiger partial charge in [0.05, 0.1) is 20.8 Å². The fraction of sp³-hybridized carbons (Fsp3) is 0.400. The van der Waals surface area contributed by atoms with Crippen molar-refractivity contribution in [3.8, 4) is 11.5 Å². The van der Waals surface area contributed by atoms with E-state index >= 15 is 0 Å². The minimum Gasteiger partial charge on any atom is -0.497 e. The summed E-state index contributed by atoms with van der Waals surface area (Å²) in [5.74, 6) is -0.603. The molecule has 0 saturated carbocycles. The number of nitrogens with one attached hydrogen (secondary N) is 1. The topological polar surface area (TPSA) is 92.7 Å². The average molecular weight is 467 g/mol. The average Bonchev–Trinajstić information content (AvgIpc) is 2.88. The number of guanidine groups is 1. The number of aliphatic imine (C=N–C) groups is 1. The Kier molecular flexibility index (Phi) is 7.20. The summed E-state index contributed by atoms with van der Waals surface area (Å²) >= 11 is 0. The highest BCUT2D eigenvalue weighted by Crippen LogP contribution is 2.38. The van der Waals surface area contributed by atoms with Crippen LogP contribution >= 0.6 is 0 Å². The number of rotatable bonds is 6. The number of hydrogen-bond acceptors (Lipinski definition) is 8. The first-order valence-corrected chi connectivity index (χ1v) is 11.4. The van der Waals surface area contributed by atoms with Gasteiger partial charge in [-0.2, -0.15) is 0 Å². The van der Waals surface area contributed by atoms with Gasteiger partial charge in [0, 0.05) is 43.5 Å². The van der Waals surface area contributed by atoms with E-state index in [4.69, 9.17) is 19.2 Å². The first-order chi connectivity index (χ1) is 16.5. The molecule has 1 amide bonds. The second-order valence-electron chi connectivity index (χ2n) is 8.03. The van der Waals surface area contributed by atoms with Crippen molar-refractivity contribution in [3.05, 3.63) is 54.1 Å². The maximum absolute atomic E-state index is 13.2. The van der Waals surface area contributed by atoms with Gasteiger partial charge in [0.2, 0.25) is 11.9 Å². The number of esters is 1. The Morgan fingerprint density at radius 3 is 2.38 bits per heavy atom. The second-order valence-corrected chi connectivity index (χ2v) is 8.03. The van der Waals surface area contributed by atoms with Gasteiger partial charge in [-0.25, -0.2) is 4.99 Å². The maximum Gasteiger partial charge on any atom is 0.321 e. The Morgan fingerprint density at radius 1 is 1.03 bits per heavy atom. The molecular formula is C25H30N4O5. The lowest BCUT2D eigenvalue weighted by Gasteiger charge is -2.39. The van der Waals surface area contributed by atoms with Gasteiger partial charge in [0.1, 0.15) is 17.5 Å². The largest absolute Gasteiger partial charge is 0.497 e. The Labute approximate surface area is 199 Å². The van der Waals surface area contributed by atoms with Crippen LogP contribution in [0.25, 0.3) is 0 Å². The molecule has 1 saturated heterocycles. The van der Waals surface area contributed by atoms with Crippen molar-refractivity contribution < 1.29 is 23.8 Å². The SMILES string of the molecule is CCOC(=O)[C@@H]1C(=O)NC(N2CCN(c3ccccc3)CC2)=N[C@@H]1c1ccc(OC)cc1OC. The third-order valence-corrected chi connectivity index (χ3v) is 6.09. The summed E-state index contributed by atoms with van der Waals surface area (Å²) in [4.78, 5) is 35.1. The molecule has 34 heavy (non-hydrogen) atoms. The molecule has 4 rings (SSSR count). The van der Waals surface area contributed by atoms with Crippen LogP contribution in [0.5, 0.6) is 11.5 Å². The highest BCUT2D eigenvalue weighted by molar-refractivity contribution is 6.08. The molecule has 9 nitrogen and oxygen atoms in total. The van der Waals surface area contributed by atoms with Crippen molar-refractivity contribution in [2.45, 2.75) is 13.0 Å². The zero-order chi connectivity index (χ0) is 24.1. The van der Waals surface area contributed by atoms with Gasteiger partial charge in [-0.1, -0.05) is 18.2 Å². The molecule has 0 bridgehead atoms. The molecule has 0 radical (unpaired) electrons. The minimum absolute atomic E-state index is 0.174. The normalized spacial score (nSPS) is 20.3. The van der Waals surface area contributed by atoms with Crippen LogP contribution in [-0.4, -0.2) is 69.7 Å². The molecule has 1 fully saturated rings. The summed E-state index contributed by atoms with van der Waals surface area (Å²) in [6, 6.07) is 14.7. The number of methoxy groups -OCH3 is 2. The first kappa shape index (κ1) is 23.4. The van der Waals surface area contributed by atoms with E-state index in [1.165, 1.54) is 12.8 Å². The number of nitrogens with zero attached hydrogens (tertiary/aromatic N) is 3. The van der Waals surface area contributed by atoms with Gasteiger partial charge in [-0.3, -0.25) is 14.9 Å². The maximum atomic E-state index is 13.2. The summed E-state index contributed by atoms with van der Waals surface area (Å²) in [6.07, 6.45) is 0. The van der Waals surface area contributed by atoms with E-state index in [1.807, 2.05) is 23.1 Å². The summed E-state index contributed by atoms with van der Waals surface area (Å²) in [5.41, 5.74) is 1.79. The number of ether oxygens (including phenoxy) is 3. The van der Waals surface area contributed by atoms with Gasteiger partial charge in [0.25, 0.3) is 0 Å². The third-order valence-electron chi connectivity index (χ3n) is 6.09. The number of carbonyl (C=O) groups excluding carboxylic acids is 2. The minimum atomic E-state index is -1.11. The summed E-state index contributed by atoms with van der Waals surface area (Å²) in [7, 11) is 3.10. The molecule has 2 aromatic rings. The van der Waals surface area contributed by atoms with E-state index < -0.39 is 23.8 Å². The van der Waals surface area contributed by atoms with Gasteiger partial charge < -0.3 is 24.0 Å². The predicted molar refractivity (Wildman–Crippen MR) is 128 cm³/mol. The summed E-state index contributed by atoms with van der Waals surface area (Å²) in [5, 5.41) is 2.84. The van der Waals surface area contributed by atoms with Crippen molar-refractivity contribution in [3.63, 3.8) is 0 Å². The fourth-order valence-electron chi connectivity index (χ4n) is 4.33. The van der Waals surface area contributed by atoms with E-state index in [-0.39, 0.29) is 6.61 Å². The van der Waals surface area contributed by atoms with E-state index in [9.17, 15) is 9.59 Å². The van der Waals surface area contributed by atoms with E-state index in [0.717, 1.165) is 13.1 Å². The van der Waals surface area contributed by atoms with E-state index in [0.29, 0.717) is 36.1 Å². The van der Waals surface area contributed by atoms with Crippen molar-refractivity contribution in [2.75, 3.05) is 51.9 Å². The fourth-order valence-corrected chi connectivity index (χ4v) is 4.33. The monoisotopic (exact) mass is 466 g/mol. The molecule has 2 aliphatic rings. The number of anilines is 1. The number of hydrogen-bond donors (Lipinski definition) is 1. The Hall–Kier alpha value is -3.75. The molecule has 0 spiro atoms. The van der Waals surface area contributed by atoms with Crippen LogP contribution in [-0.2, 0) is 14.3 Å². The molecule has 180 valence electrons. The molecule has 2 atom stereocenters. The van der Waals surface area contributed by atoms with Gasteiger partial charge in [-0.15, -0.1) is 0 Å². The molecule has 0 aliphatic carbocycles. The number of carbonyl (C=O) groups is 2. The number of para-hydroxylation sites is 1. The van der Waals surface area contributed by atoms with Crippen molar-refractivity contribution in [2.24, 2.45) is 10.9 Å². The lowest BCUT2D eigenvalue weighted by Crippen LogP contribution is -2.57. The molecule has 2 aliphatic heterocycles. The van der Waals surface area contributed by atoms with Crippen LogP contribution in [0.2, 0.25) is 0 Å². The third kappa shape index (κ3) is 4.78. The molecule has 2 aromatic carbocycles. The standard InChI is InChI=1S/C25H30N4O5/c1-4-34-24(31)21-22(19-11-10-18(32-2)16-20(19)33-3)26-25(27-23(21)30)29-14-12-28(13-15-29)17-8-6-5-7-9-17/h5-11,16,21-22H,4,12-15H2,1-3H3,(H,26,27,30)/t21-,22+/m0/s1. The summed E-state index contributed by atoms with van der Waals surface area (Å²) in [6.45, 7) is 4.83. The van der Waals surface area contributed by atoms with Crippen molar-refractivity contribution >= 4 is 23.5 Å². The smallest absolute Gasteiger partial charge is 0.321 e. The first-order valence-electron chi connectivity index (χ1n) is 11.4. The van der Waals surface area contributed by atoms with Crippen LogP contribution in [0.15, 0.2) is 53.5 Å². The van der Waals surface area contributed by atoms with Crippen LogP contribution in [0.3, 0.4) is 0 Å². The molecule has 9 heteroatoms. The molecule has 2 heterocycles. The Bertz CT molecular complexity index is 1050. The predicted octanol–water partition coefficient (Wildman–Crippen LogP) is 2.23. The number of piperazine rings is 1. The van der Waals surface area contributed by atoms with Crippen LogP contribution < -0.4 is 19.7 Å². The van der Waals surface area contributed by atoms with Gasteiger partial charge in [0.15, 0.2) is 5.92 Å². The molecule has 1 N–H and O–H groups in total.